The molecule has 0 unspecified atom stereocenters. The predicted octanol–water partition coefficient (Wildman–Crippen LogP) is 2.12. The van der Waals surface area contributed by atoms with Crippen LogP contribution in [0.3, 0.4) is 0 Å². The van der Waals surface area contributed by atoms with E-state index in [0.717, 1.165) is 0 Å². The maximum Gasteiger partial charge on any atom is 0.238 e. The fourth-order valence-electron chi connectivity index (χ4n) is 1.66. The summed E-state index contributed by atoms with van der Waals surface area (Å²) >= 11 is 0. The molecule has 1 heterocycles. The van der Waals surface area contributed by atoms with E-state index in [9.17, 15) is 9.90 Å². The molecule has 6 nitrogen and oxygen atoms in total. The summed E-state index contributed by atoms with van der Waals surface area (Å²) < 4.78 is 0. The Morgan fingerprint density at radius 2 is 1.90 bits per heavy atom. The van der Waals surface area contributed by atoms with Gasteiger partial charge in [0, 0.05) is 30.1 Å². The second-order valence-electron chi connectivity index (χ2n) is 4.25. The van der Waals surface area contributed by atoms with E-state index in [2.05, 4.69) is 10.2 Å². The highest BCUT2D eigenvalue weighted by atomic mass is 16.3. The number of aliphatic hydroxyl groups is 2. The Balaban J connectivity index is 2.03. The van der Waals surface area contributed by atoms with Gasteiger partial charge in [-0.15, -0.1) is 5.11 Å². The number of carbonyl (C=O) groups excluding carboxylic acids is 1. The molecule has 2 rings (SSSR count). The normalized spacial score (nSPS) is 19.3. The van der Waals surface area contributed by atoms with E-state index in [-0.39, 0.29) is 18.3 Å². The van der Waals surface area contributed by atoms with Crippen molar-refractivity contribution < 1.29 is 15.0 Å². The van der Waals surface area contributed by atoms with Crippen LogP contribution in [0, 0.1) is 0 Å². The van der Waals surface area contributed by atoms with Crippen LogP contribution < -0.4 is 0 Å². The third-order valence-electron chi connectivity index (χ3n) is 2.78. The first-order chi connectivity index (χ1) is 10.2. The van der Waals surface area contributed by atoms with Crippen LogP contribution in [0.1, 0.15) is 0 Å². The van der Waals surface area contributed by atoms with Gasteiger partial charge in [-0.3, -0.25) is 4.79 Å². The highest BCUT2D eigenvalue weighted by Gasteiger charge is 2.06. The molecule has 0 saturated heterocycles. The lowest BCUT2D eigenvalue weighted by molar-refractivity contribution is -0.111. The zero-order chi connectivity index (χ0) is 15.1. The molecule has 0 radical (unpaired) electrons. The smallest absolute Gasteiger partial charge is 0.238 e. The van der Waals surface area contributed by atoms with Crippen LogP contribution in [0.5, 0.6) is 0 Å². The van der Waals surface area contributed by atoms with Crippen LogP contribution in [0.25, 0.3) is 0 Å². The largest absolute Gasteiger partial charge is 0.492 e. The molecule has 0 aromatic heterocycles. The number of azo groups is 1. The van der Waals surface area contributed by atoms with Crippen molar-refractivity contribution >= 4 is 5.78 Å². The van der Waals surface area contributed by atoms with Crippen LogP contribution in [0.2, 0.25) is 0 Å². The predicted molar refractivity (Wildman–Crippen MR) is 78.0 cm³/mol. The Morgan fingerprint density at radius 3 is 2.57 bits per heavy atom. The third kappa shape index (κ3) is 4.12. The molecule has 2 N–H and O–H groups in total. The third-order valence-corrected chi connectivity index (χ3v) is 2.78. The van der Waals surface area contributed by atoms with Crippen LogP contribution >= 0.6 is 0 Å². The molecule has 0 saturated carbocycles. The van der Waals surface area contributed by atoms with E-state index >= 15 is 0 Å². The van der Waals surface area contributed by atoms with E-state index in [0.29, 0.717) is 17.7 Å². The van der Waals surface area contributed by atoms with Crippen molar-refractivity contribution in [1.29, 1.82) is 0 Å². The van der Waals surface area contributed by atoms with Gasteiger partial charge in [-0.1, -0.05) is 12.2 Å². The molecule has 0 amide bonds. The minimum absolute atomic E-state index is 0.0446. The second kappa shape index (κ2) is 7.16. The Morgan fingerprint density at radius 1 is 1.19 bits per heavy atom. The first-order valence-corrected chi connectivity index (χ1v) is 6.37. The van der Waals surface area contributed by atoms with Crippen LogP contribution in [-0.2, 0) is 4.79 Å². The van der Waals surface area contributed by atoms with Gasteiger partial charge in [0.05, 0.1) is 12.8 Å². The van der Waals surface area contributed by atoms with Gasteiger partial charge < -0.3 is 15.1 Å². The number of hydrogen-bond donors (Lipinski definition) is 2. The Labute approximate surface area is 122 Å². The number of carbonyl (C=O) groups is 1. The molecular formula is C15H15N3O3. The van der Waals surface area contributed by atoms with Crippen molar-refractivity contribution in [1.82, 2.24) is 4.90 Å². The molecule has 2 aliphatic rings. The lowest BCUT2D eigenvalue weighted by Gasteiger charge is -2.16. The zero-order valence-corrected chi connectivity index (χ0v) is 11.3. The zero-order valence-electron chi connectivity index (χ0n) is 11.3. The molecule has 1 aliphatic heterocycles. The lowest BCUT2D eigenvalue weighted by Crippen LogP contribution is -2.16. The minimum Gasteiger partial charge on any atom is -0.492 e. The quantitative estimate of drug-likeness (QED) is 0.470. The number of nitrogens with zero attached hydrogens (tertiary/aromatic N) is 3. The molecule has 0 aromatic rings. The maximum absolute atomic E-state index is 11.4. The second-order valence-corrected chi connectivity index (χ2v) is 4.25. The van der Waals surface area contributed by atoms with Crippen molar-refractivity contribution in [3.05, 3.63) is 72.1 Å². The van der Waals surface area contributed by atoms with Crippen LogP contribution in [-0.4, -0.2) is 34.0 Å². The summed E-state index contributed by atoms with van der Waals surface area (Å²) in [6.45, 7) is 0.527. The molecule has 1 aliphatic carbocycles. The van der Waals surface area contributed by atoms with Gasteiger partial charge in [-0.2, -0.15) is 5.11 Å². The summed E-state index contributed by atoms with van der Waals surface area (Å²) in [5.74, 6) is -0.397. The topological polar surface area (TPSA) is 85.5 Å². The molecule has 0 atom stereocenters. The lowest BCUT2D eigenvalue weighted by atomic mass is 10.1. The highest BCUT2D eigenvalue weighted by Crippen LogP contribution is 2.14. The van der Waals surface area contributed by atoms with Crippen molar-refractivity contribution in [2.75, 3.05) is 13.2 Å². The van der Waals surface area contributed by atoms with Crippen molar-refractivity contribution in [3.8, 4) is 0 Å². The Hall–Kier alpha value is -2.73. The SMILES string of the molecule is O=C1C=CC=C/C1=C\N=NC(O)=C1C=CN(CCO)C=C1. The van der Waals surface area contributed by atoms with Gasteiger partial charge >= 0.3 is 0 Å². The van der Waals surface area contributed by atoms with E-state index in [1.54, 1.807) is 47.7 Å². The molecule has 0 aromatic carbocycles. The van der Waals surface area contributed by atoms with Crippen LogP contribution in [0.4, 0.5) is 0 Å². The van der Waals surface area contributed by atoms with Gasteiger partial charge in [0.1, 0.15) is 0 Å². The molecule has 0 fully saturated rings. The molecular weight excluding hydrogens is 270 g/mol. The fraction of sp³-hybridized carbons (Fsp3) is 0.133. The molecule has 108 valence electrons. The summed E-state index contributed by atoms with van der Waals surface area (Å²) in [5.41, 5.74) is 0.902. The number of ketones is 1. The van der Waals surface area contributed by atoms with Crippen molar-refractivity contribution in [2.24, 2.45) is 10.2 Å². The first-order valence-electron chi connectivity index (χ1n) is 6.37. The summed E-state index contributed by atoms with van der Waals surface area (Å²) in [6.07, 6.45) is 14.5. The molecule has 21 heavy (non-hydrogen) atoms. The van der Waals surface area contributed by atoms with E-state index in [4.69, 9.17) is 5.11 Å². The summed E-state index contributed by atoms with van der Waals surface area (Å²) in [6, 6.07) is 0. The standard InChI is InChI=1S/C15H15N3O3/c19-10-9-18-7-5-12(6-8-18)15(21)17-16-11-13-3-1-2-4-14(13)20/h1-8,11,19,21H,9-10H2/b13-11+,17-16?. The van der Waals surface area contributed by atoms with Gasteiger partial charge in [-0.25, -0.2) is 0 Å². The minimum atomic E-state index is -0.245. The molecule has 0 spiro atoms. The van der Waals surface area contributed by atoms with E-state index in [1.165, 1.54) is 12.3 Å². The van der Waals surface area contributed by atoms with Crippen molar-refractivity contribution in [2.45, 2.75) is 0 Å². The molecule has 6 heteroatoms. The number of β-amino-alcohol motifs (C(OH)–C–C–N with tert-alkyl or cyclic N) is 1. The average Bonchev–Trinajstić information content (AvgIpc) is 2.50. The summed E-state index contributed by atoms with van der Waals surface area (Å²) in [7, 11) is 0. The average molecular weight is 285 g/mol. The Bertz CT molecular complexity index is 606. The number of rotatable bonds is 4. The maximum atomic E-state index is 11.4. The fourth-order valence-corrected chi connectivity index (χ4v) is 1.66. The van der Waals surface area contributed by atoms with Gasteiger partial charge in [-0.05, 0) is 24.3 Å². The van der Waals surface area contributed by atoms with Gasteiger partial charge in [0.2, 0.25) is 5.88 Å². The van der Waals surface area contributed by atoms with E-state index < -0.39 is 0 Å². The summed E-state index contributed by atoms with van der Waals surface area (Å²) in [4.78, 5) is 13.2. The highest BCUT2D eigenvalue weighted by molar-refractivity contribution is 6.07. The van der Waals surface area contributed by atoms with Crippen LogP contribution in [0.15, 0.2) is 82.3 Å². The van der Waals surface area contributed by atoms with Gasteiger partial charge in [0.25, 0.3) is 0 Å². The monoisotopic (exact) mass is 285 g/mol. The summed E-state index contributed by atoms with van der Waals surface area (Å²) in [5, 5.41) is 25.9. The molecule has 0 bridgehead atoms. The van der Waals surface area contributed by atoms with E-state index in [1.807, 2.05) is 0 Å². The van der Waals surface area contributed by atoms with Gasteiger partial charge in [0.15, 0.2) is 5.78 Å². The number of aliphatic hydroxyl groups excluding tert-OH is 2. The van der Waals surface area contributed by atoms with Crippen molar-refractivity contribution in [3.63, 3.8) is 0 Å². The first kappa shape index (κ1) is 14.7. The number of allylic oxidation sites excluding steroid dienone is 8. The number of hydrogen-bond acceptors (Lipinski definition) is 6. The Kier molecular flexibility index (Phi) is 5.00.